The minimum Gasteiger partial charge on any atom is -0.481 e. The van der Waals surface area contributed by atoms with Crippen molar-refractivity contribution in [3.63, 3.8) is 0 Å². The number of rotatable bonds is 8. The number of nitrogens with zero attached hydrogens (tertiary/aromatic N) is 1. The lowest BCUT2D eigenvalue weighted by atomic mass is 9.99. The zero-order valence-corrected chi connectivity index (χ0v) is 12.0. The number of carbonyl (C=O) groups is 2. The van der Waals surface area contributed by atoms with Gasteiger partial charge >= 0.3 is 11.9 Å². The summed E-state index contributed by atoms with van der Waals surface area (Å²) in [4.78, 5) is 31.9. The number of aliphatic hydroxyl groups excluding tert-OH is 4. The first-order valence-electron chi connectivity index (χ1n) is 6.85. The summed E-state index contributed by atoms with van der Waals surface area (Å²) in [6, 6.07) is 0. The van der Waals surface area contributed by atoms with E-state index in [0.717, 1.165) is 0 Å². The van der Waals surface area contributed by atoms with Gasteiger partial charge in [0.1, 0.15) is 30.3 Å². The zero-order chi connectivity index (χ0) is 17.6. The number of carbonyl (C=O) groups excluding carboxylic acids is 1. The third-order valence-corrected chi connectivity index (χ3v) is 3.45. The van der Waals surface area contributed by atoms with Crippen LogP contribution < -0.4 is 0 Å². The van der Waals surface area contributed by atoms with Crippen LogP contribution in [0.15, 0.2) is 5.18 Å². The predicted molar refractivity (Wildman–Crippen MR) is 70.9 cm³/mol. The van der Waals surface area contributed by atoms with Crippen molar-refractivity contribution in [1.82, 2.24) is 0 Å². The summed E-state index contributed by atoms with van der Waals surface area (Å²) in [5.41, 5.74) is 0. The lowest BCUT2D eigenvalue weighted by Crippen LogP contribution is -2.59. The molecule has 0 aliphatic carbocycles. The molecule has 132 valence electrons. The van der Waals surface area contributed by atoms with Crippen LogP contribution in [0.25, 0.3) is 0 Å². The van der Waals surface area contributed by atoms with E-state index >= 15 is 0 Å². The molecule has 1 aliphatic rings. The average molecular weight is 337 g/mol. The molecule has 0 aromatic heterocycles. The SMILES string of the molecule is O=NC(=O)C(CCCOC1OC(CO)C(O)C(O)C1O)C(=O)O. The van der Waals surface area contributed by atoms with Crippen LogP contribution >= 0.6 is 0 Å². The molecule has 11 nitrogen and oxygen atoms in total. The molecule has 1 heterocycles. The van der Waals surface area contributed by atoms with Gasteiger partial charge in [-0.2, -0.15) is 0 Å². The molecule has 0 saturated carbocycles. The molecule has 1 rings (SSSR count). The fourth-order valence-corrected chi connectivity index (χ4v) is 2.11. The van der Waals surface area contributed by atoms with Crippen molar-refractivity contribution in [3.05, 3.63) is 4.91 Å². The van der Waals surface area contributed by atoms with Crippen molar-refractivity contribution in [2.24, 2.45) is 11.1 Å². The summed E-state index contributed by atoms with van der Waals surface area (Å²) >= 11 is 0. The van der Waals surface area contributed by atoms with E-state index in [4.69, 9.17) is 19.7 Å². The Labute approximate surface area is 130 Å². The van der Waals surface area contributed by atoms with Gasteiger partial charge in [-0.3, -0.25) is 9.59 Å². The quantitative estimate of drug-likeness (QED) is 0.181. The molecule has 0 aromatic rings. The Kier molecular flexibility index (Phi) is 7.61. The van der Waals surface area contributed by atoms with Crippen molar-refractivity contribution in [3.8, 4) is 0 Å². The van der Waals surface area contributed by atoms with E-state index in [1.807, 2.05) is 0 Å². The molecule has 0 radical (unpaired) electrons. The van der Waals surface area contributed by atoms with Gasteiger partial charge in [0.25, 0.3) is 0 Å². The van der Waals surface area contributed by atoms with Gasteiger partial charge < -0.3 is 35.0 Å². The molecule has 0 aromatic carbocycles. The molecular formula is C12H19NO10. The second-order valence-corrected chi connectivity index (χ2v) is 5.03. The molecule has 6 atom stereocenters. The van der Waals surface area contributed by atoms with Crippen LogP contribution in [0, 0.1) is 10.8 Å². The number of amides is 1. The average Bonchev–Trinajstić information content (AvgIpc) is 2.53. The van der Waals surface area contributed by atoms with E-state index in [9.17, 15) is 29.8 Å². The van der Waals surface area contributed by atoms with E-state index in [1.165, 1.54) is 0 Å². The lowest BCUT2D eigenvalue weighted by Gasteiger charge is -2.39. The Morgan fingerprint density at radius 2 is 1.83 bits per heavy atom. The Morgan fingerprint density at radius 3 is 2.35 bits per heavy atom. The number of aliphatic carboxylic acids is 1. The molecule has 1 fully saturated rings. The molecule has 0 spiro atoms. The molecule has 5 N–H and O–H groups in total. The van der Waals surface area contributed by atoms with E-state index in [0.29, 0.717) is 0 Å². The van der Waals surface area contributed by atoms with Gasteiger partial charge in [-0.05, 0) is 12.8 Å². The highest BCUT2D eigenvalue weighted by molar-refractivity contribution is 5.97. The van der Waals surface area contributed by atoms with Gasteiger partial charge in [-0.25, -0.2) is 0 Å². The lowest BCUT2D eigenvalue weighted by molar-refractivity contribution is -0.301. The maximum Gasteiger partial charge on any atom is 0.316 e. The number of carboxylic acids is 1. The predicted octanol–water partition coefficient (Wildman–Crippen LogP) is -2.42. The fourth-order valence-electron chi connectivity index (χ4n) is 2.11. The normalized spacial score (nSPS) is 32.3. The summed E-state index contributed by atoms with van der Waals surface area (Å²) < 4.78 is 10.2. The number of aliphatic hydroxyl groups is 4. The first-order chi connectivity index (χ1) is 10.8. The second kappa shape index (κ2) is 8.96. The molecule has 0 bridgehead atoms. The summed E-state index contributed by atoms with van der Waals surface area (Å²) in [6.07, 6.45) is -7.30. The standard InChI is InChI=1S/C12H19NO10/c14-4-6-7(15)8(16)9(17)12(23-6)22-3-1-2-5(11(19)20)10(18)13-21/h5-9,12,14-17H,1-4H2,(H,19,20). The topological polar surface area (TPSA) is 183 Å². The molecule has 1 saturated heterocycles. The molecule has 1 aliphatic heterocycles. The Bertz CT molecular complexity index is 428. The summed E-state index contributed by atoms with van der Waals surface area (Å²) in [7, 11) is 0. The summed E-state index contributed by atoms with van der Waals surface area (Å²) in [5, 5.41) is 48.7. The Balaban J connectivity index is 2.46. The number of hydrogen-bond acceptors (Lipinski definition) is 9. The molecule has 6 unspecified atom stereocenters. The largest absolute Gasteiger partial charge is 0.481 e. The first kappa shape index (κ1) is 19.5. The van der Waals surface area contributed by atoms with Crippen molar-refractivity contribution < 1.29 is 44.6 Å². The first-order valence-corrected chi connectivity index (χ1v) is 6.85. The van der Waals surface area contributed by atoms with Gasteiger partial charge in [-0.1, -0.05) is 0 Å². The zero-order valence-electron chi connectivity index (χ0n) is 12.0. The maximum atomic E-state index is 11.0. The van der Waals surface area contributed by atoms with Gasteiger partial charge in [0, 0.05) is 11.8 Å². The third kappa shape index (κ3) is 4.99. The van der Waals surface area contributed by atoms with Gasteiger partial charge in [-0.15, -0.1) is 4.91 Å². The fraction of sp³-hybridized carbons (Fsp3) is 0.833. The number of ether oxygens (including phenoxy) is 2. The van der Waals surface area contributed by atoms with Crippen LogP contribution in [0.5, 0.6) is 0 Å². The van der Waals surface area contributed by atoms with Crippen LogP contribution in [-0.2, 0) is 19.1 Å². The molecule has 23 heavy (non-hydrogen) atoms. The van der Waals surface area contributed by atoms with E-state index < -0.39 is 55.1 Å². The van der Waals surface area contributed by atoms with Crippen LogP contribution in [0.4, 0.5) is 0 Å². The van der Waals surface area contributed by atoms with Gasteiger partial charge in [0.05, 0.1) is 6.61 Å². The van der Waals surface area contributed by atoms with Crippen molar-refractivity contribution >= 4 is 11.9 Å². The van der Waals surface area contributed by atoms with Crippen LogP contribution in [-0.4, -0.2) is 81.3 Å². The van der Waals surface area contributed by atoms with Crippen molar-refractivity contribution in [2.75, 3.05) is 13.2 Å². The van der Waals surface area contributed by atoms with E-state index in [1.54, 1.807) is 0 Å². The molecule has 1 amide bonds. The number of carboxylic acid groups (broad SMARTS) is 1. The van der Waals surface area contributed by atoms with Gasteiger partial charge in [0.15, 0.2) is 6.29 Å². The summed E-state index contributed by atoms with van der Waals surface area (Å²) in [5.74, 6) is -4.36. The highest BCUT2D eigenvalue weighted by Gasteiger charge is 2.43. The third-order valence-electron chi connectivity index (χ3n) is 3.45. The minimum absolute atomic E-state index is 0.0350. The Morgan fingerprint density at radius 1 is 1.17 bits per heavy atom. The number of nitroso groups, excluding NO2 is 1. The van der Waals surface area contributed by atoms with Gasteiger partial charge in [0.2, 0.25) is 0 Å². The maximum absolute atomic E-state index is 11.0. The highest BCUT2D eigenvalue weighted by Crippen LogP contribution is 2.22. The Hall–Kier alpha value is -1.50. The molecular weight excluding hydrogens is 318 g/mol. The second-order valence-electron chi connectivity index (χ2n) is 5.03. The molecule has 11 heteroatoms. The highest BCUT2D eigenvalue weighted by atomic mass is 16.7. The van der Waals surface area contributed by atoms with E-state index in [-0.39, 0.29) is 19.4 Å². The minimum atomic E-state index is -1.58. The van der Waals surface area contributed by atoms with Crippen LogP contribution in [0.1, 0.15) is 12.8 Å². The van der Waals surface area contributed by atoms with Crippen molar-refractivity contribution in [1.29, 1.82) is 0 Å². The monoisotopic (exact) mass is 337 g/mol. The number of hydrogen-bond donors (Lipinski definition) is 5. The smallest absolute Gasteiger partial charge is 0.316 e. The van der Waals surface area contributed by atoms with Crippen LogP contribution in [0.3, 0.4) is 0 Å². The van der Waals surface area contributed by atoms with Crippen LogP contribution in [0.2, 0.25) is 0 Å². The summed E-state index contributed by atoms with van der Waals surface area (Å²) in [6.45, 7) is -0.760. The van der Waals surface area contributed by atoms with Crippen molar-refractivity contribution in [2.45, 2.75) is 43.5 Å². The van der Waals surface area contributed by atoms with E-state index in [2.05, 4.69) is 5.18 Å².